The van der Waals surface area contributed by atoms with E-state index >= 15 is 0 Å². The van der Waals surface area contributed by atoms with Gasteiger partial charge in [-0.05, 0) is 0 Å². The van der Waals surface area contributed by atoms with E-state index in [2.05, 4.69) is 10.2 Å². The first-order valence-corrected chi connectivity index (χ1v) is 5.34. The third-order valence-electron chi connectivity index (χ3n) is 2.31. The lowest BCUT2D eigenvalue weighted by atomic mass is 9.93. The normalized spacial score (nSPS) is 10.9. The Hall–Kier alpha value is -1.58. The van der Waals surface area contributed by atoms with Gasteiger partial charge >= 0.3 is 0 Å². The fraction of sp³-hybridized carbons (Fsp3) is 0.500. The van der Waals surface area contributed by atoms with Crippen LogP contribution < -0.4 is 0 Å². The summed E-state index contributed by atoms with van der Waals surface area (Å²) in [4.78, 5) is 23.7. The molecular weight excluding hydrogens is 204 g/mol. The standard InChI is InChI=1S/C12H16N2O2/c1-7(2)11(15)9-5-13-14-6-10(9)12(16)8(3)4/h5-8H,1-4H3. The van der Waals surface area contributed by atoms with Crippen molar-refractivity contribution in [1.29, 1.82) is 0 Å². The van der Waals surface area contributed by atoms with Crippen LogP contribution in [0.5, 0.6) is 0 Å². The van der Waals surface area contributed by atoms with Crippen LogP contribution in [0.2, 0.25) is 0 Å². The monoisotopic (exact) mass is 220 g/mol. The number of aromatic nitrogens is 2. The molecule has 4 heteroatoms. The highest BCUT2D eigenvalue weighted by Crippen LogP contribution is 2.15. The molecule has 1 aromatic heterocycles. The van der Waals surface area contributed by atoms with Gasteiger partial charge in [-0.15, -0.1) is 0 Å². The molecule has 0 atom stereocenters. The van der Waals surface area contributed by atoms with Crippen LogP contribution in [-0.4, -0.2) is 21.8 Å². The number of hydrogen-bond acceptors (Lipinski definition) is 4. The lowest BCUT2D eigenvalue weighted by molar-refractivity contribution is 0.0904. The van der Waals surface area contributed by atoms with Gasteiger partial charge in [-0.3, -0.25) is 9.59 Å². The van der Waals surface area contributed by atoms with Crippen LogP contribution in [0, 0.1) is 11.8 Å². The van der Waals surface area contributed by atoms with Gasteiger partial charge in [-0.2, -0.15) is 10.2 Å². The Morgan fingerprint density at radius 1 is 0.875 bits per heavy atom. The van der Waals surface area contributed by atoms with E-state index in [-0.39, 0.29) is 23.4 Å². The Kier molecular flexibility index (Phi) is 3.88. The number of ketones is 2. The summed E-state index contributed by atoms with van der Waals surface area (Å²) in [5.74, 6) is -0.441. The zero-order valence-corrected chi connectivity index (χ0v) is 10.0. The molecule has 0 aliphatic heterocycles. The smallest absolute Gasteiger partial charge is 0.167 e. The summed E-state index contributed by atoms with van der Waals surface area (Å²) in [6.07, 6.45) is 2.75. The maximum absolute atomic E-state index is 11.9. The summed E-state index contributed by atoms with van der Waals surface area (Å²) in [5, 5.41) is 7.33. The van der Waals surface area contributed by atoms with E-state index in [1.165, 1.54) is 12.4 Å². The van der Waals surface area contributed by atoms with Crippen molar-refractivity contribution in [3.63, 3.8) is 0 Å². The van der Waals surface area contributed by atoms with E-state index in [1.54, 1.807) is 27.7 Å². The molecule has 1 heterocycles. The number of nitrogens with zero attached hydrogens (tertiary/aromatic N) is 2. The summed E-state index contributed by atoms with van der Waals surface area (Å²) in [6, 6.07) is 0. The highest BCUT2D eigenvalue weighted by atomic mass is 16.1. The highest BCUT2D eigenvalue weighted by molar-refractivity contribution is 6.09. The molecule has 0 aromatic carbocycles. The van der Waals surface area contributed by atoms with Crippen molar-refractivity contribution in [2.24, 2.45) is 11.8 Å². The van der Waals surface area contributed by atoms with Crippen LogP contribution in [0.4, 0.5) is 0 Å². The van der Waals surface area contributed by atoms with Crippen molar-refractivity contribution in [3.05, 3.63) is 23.5 Å². The topological polar surface area (TPSA) is 59.9 Å². The highest BCUT2D eigenvalue weighted by Gasteiger charge is 2.21. The predicted octanol–water partition coefficient (Wildman–Crippen LogP) is 2.15. The maximum atomic E-state index is 11.9. The van der Waals surface area contributed by atoms with Gasteiger partial charge in [0.1, 0.15) is 0 Å². The van der Waals surface area contributed by atoms with E-state index < -0.39 is 0 Å². The number of hydrogen-bond donors (Lipinski definition) is 0. The van der Waals surface area contributed by atoms with Crippen LogP contribution in [0.25, 0.3) is 0 Å². The first-order chi connectivity index (χ1) is 7.45. The molecular formula is C12H16N2O2. The number of carbonyl (C=O) groups is 2. The van der Waals surface area contributed by atoms with E-state index in [1.807, 2.05) is 0 Å². The molecule has 0 aliphatic rings. The van der Waals surface area contributed by atoms with Crippen molar-refractivity contribution < 1.29 is 9.59 Å². The predicted molar refractivity (Wildman–Crippen MR) is 60.4 cm³/mol. The molecule has 16 heavy (non-hydrogen) atoms. The molecule has 0 spiro atoms. The minimum absolute atomic E-state index is 0.0705. The van der Waals surface area contributed by atoms with Crippen LogP contribution in [-0.2, 0) is 0 Å². The summed E-state index contributed by atoms with van der Waals surface area (Å²) in [6.45, 7) is 7.19. The van der Waals surface area contributed by atoms with Gasteiger partial charge in [-0.25, -0.2) is 0 Å². The summed E-state index contributed by atoms with van der Waals surface area (Å²) in [5.41, 5.74) is 0.757. The molecule has 0 saturated carbocycles. The average Bonchev–Trinajstić information content (AvgIpc) is 2.26. The molecule has 0 fully saturated rings. The average molecular weight is 220 g/mol. The fourth-order valence-corrected chi connectivity index (χ4v) is 1.34. The van der Waals surface area contributed by atoms with E-state index in [0.29, 0.717) is 11.1 Å². The quantitative estimate of drug-likeness (QED) is 0.729. The minimum Gasteiger partial charge on any atom is -0.294 e. The van der Waals surface area contributed by atoms with Crippen molar-refractivity contribution in [1.82, 2.24) is 10.2 Å². The first-order valence-electron chi connectivity index (χ1n) is 5.34. The molecule has 0 aliphatic carbocycles. The van der Waals surface area contributed by atoms with Crippen LogP contribution in [0.3, 0.4) is 0 Å². The Morgan fingerprint density at radius 3 is 1.44 bits per heavy atom. The van der Waals surface area contributed by atoms with Gasteiger partial charge in [-0.1, -0.05) is 27.7 Å². The molecule has 86 valence electrons. The second-order valence-electron chi connectivity index (χ2n) is 4.35. The molecule has 0 N–H and O–H groups in total. The second kappa shape index (κ2) is 4.96. The van der Waals surface area contributed by atoms with E-state index in [0.717, 1.165) is 0 Å². The number of rotatable bonds is 4. The largest absolute Gasteiger partial charge is 0.294 e. The zero-order chi connectivity index (χ0) is 12.3. The molecule has 0 radical (unpaired) electrons. The zero-order valence-electron chi connectivity index (χ0n) is 10.0. The lowest BCUT2D eigenvalue weighted by Crippen LogP contribution is -2.17. The van der Waals surface area contributed by atoms with Gasteiger partial charge < -0.3 is 0 Å². The number of carbonyl (C=O) groups excluding carboxylic acids is 2. The SMILES string of the molecule is CC(C)C(=O)c1cnncc1C(=O)C(C)C. The summed E-state index contributed by atoms with van der Waals surface area (Å²) >= 11 is 0. The molecule has 0 amide bonds. The molecule has 0 saturated heterocycles. The Balaban J connectivity index is 3.20. The van der Waals surface area contributed by atoms with Gasteiger partial charge in [0.15, 0.2) is 11.6 Å². The van der Waals surface area contributed by atoms with Crippen molar-refractivity contribution in [2.45, 2.75) is 27.7 Å². The maximum Gasteiger partial charge on any atom is 0.167 e. The molecule has 4 nitrogen and oxygen atoms in total. The van der Waals surface area contributed by atoms with Gasteiger partial charge in [0, 0.05) is 11.8 Å². The van der Waals surface area contributed by atoms with Gasteiger partial charge in [0.2, 0.25) is 0 Å². The molecule has 1 rings (SSSR count). The Labute approximate surface area is 95.1 Å². The molecule has 1 aromatic rings. The first kappa shape index (κ1) is 12.5. The number of Topliss-reactive ketones (excluding diaryl/α,β-unsaturated/α-hetero) is 2. The molecule has 0 unspecified atom stereocenters. The van der Waals surface area contributed by atoms with E-state index in [9.17, 15) is 9.59 Å². The Morgan fingerprint density at radius 2 is 1.19 bits per heavy atom. The van der Waals surface area contributed by atoms with Crippen LogP contribution in [0.15, 0.2) is 12.4 Å². The summed E-state index contributed by atoms with van der Waals surface area (Å²) in [7, 11) is 0. The van der Waals surface area contributed by atoms with Gasteiger partial charge in [0.05, 0.1) is 23.5 Å². The third kappa shape index (κ3) is 2.51. The van der Waals surface area contributed by atoms with E-state index in [4.69, 9.17) is 0 Å². The second-order valence-corrected chi connectivity index (χ2v) is 4.35. The third-order valence-corrected chi connectivity index (χ3v) is 2.31. The summed E-state index contributed by atoms with van der Waals surface area (Å²) < 4.78 is 0. The van der Waals surface area contributed by atoms with Crippen LogP contribution >= 0.6 is 0 Å². The lowest BCUT2D eigenvalue weighted by Gasteiger charge is -2.10. The van der Waals surface area contributed by atoms with Crippen molar-refractivity contribution in [3.8, 4) is 0 Å². The fourth-order valence-electron chi connectivity index (χ4n) is 1.34. The van der Waals surface area contributed by atoms with Crippen molar-refractivity contribution >= 4 is 11.6 Å². The molecule has 0 bridgehead atoms. The van der Waals surface area contributed by atoms with Crippen LogP contribution in [0.1, 0.15) is 48.4 Å². The van der Waals surface area contributed by atoms with Gasteiger partial charge in [0.25, 0.3) is 0 Å². The minimum atomic E-state index is -0.150. The Bertz CT molecular complexity index is 372. The van der Waals surface area contributed by atoms with Crippen molar-refractivity contribution in [2.75, 3.05) is 0 Å².